The molecule has 5 heteroatoms. The predicted octanol–water partition coefficient (Wildman–Crippen LogP) is 2.21. The Morgan fingerprint density at radius 2 is 1.94 bits per heavy atom. The first-order chi connectivity index (χ1) is 7.68. The zero-order chi connectivity index (χ0) is 11.5. The van der Waals surface area contributed by atoms with Gasteiger partial charge < -0.3 is 4.90 Å². The van der Waals surface area contributed by atoms with Crippen LogP contribution >= 0.6 is 24.0 Å². The first-order valence-electron chi connectivity index (χ1n) is 5.35. The molecule has 0 aromatic heterocycles. The minimum absolute atomic E-state index is 0. The smallest absolute Gasteiger partial charge is 0.214 e. The second-order valence-electron chi connectivity index (χ2n) is 4.00. The van der Waals surface area contributed by atoms with Crippen LogP contribution in [0.4, 0.5) is 0 Å². The van der Waals surface area contributed by atoms with Gasteiger partial charge in [-0.1, -0.05) is 30.3 Å². The Labute approximate surface area is 119 Å². The molecule has 4 nitrogen and oxygen atoms in total. The molecule has 0 bridgehead atoms. The van der Waals surface area contributed by atoms with Crippen molar-refractivity contribution in [3.05, 3.63) is 35.9 Å². The van der Waals surface area contributed by atoms with Crippen molar-refractivity contribution in [3.63, 3.8) is 0 Å². The molecule has 0 radical (unpaired) electrons. The molecule has 1 aromatic rings. The third-order valence-electron chi connectivity index (χ3n) is 2.58. The van der Waals surface area contributed by atoms with Crippen LogP contribution in [-0.4, -0.2) is 42.2 Å². The van der Waals surface area contributed by atoms with Gasteiger partial charge in [-0.3, -0.25) is 5.41 Å². The number of hydrazone groups is 1. The zero-order valence-corrected chi connectivity index (χ0v) is 12.4. The predicted molar refractivity (Wildman–Crippen MR) is 81.1 cm³/mol. The Hall–Kier alpha value is -1.11. The second-order valence-corrected chi connectivity index (χ2v) is 4.00. The molecular formula is C12H17IN4. The van der Waals surface area contributed by atoms with Crippen LogP contribution in [0.25, 0.3) is 0 Å². The molecule has 0 aliphatic carbocycles. The van der Waals surface area contributed by atoms with E-state index in [2.05, 4.69) is 17.2 Å². The van der Waals surface area contributed by atoms with Crippen LogP contribution < -0.4 is 0 Å². The molecule has 17 heavy (non-hydrogen) atoms. The minimum atomic E-state index is 0. The molecule has 1 N–H and O–H groups in total. The van der Waals surface area contributed by atoms with Crippen LogP contribution in [0.1, 0.15) is 12.0 Å². The average molecular weight is 344 g/mol. The largest absolute Gasteiger partial charge is 0.348 e. The van der Waals surface area contributed by atoms with Crippen LogP contribution in [0.15, 0.2) is 35.4 Å². The van der Waals surface area contributed by atoms with Gasteiger partial charge in [0.15, 0.2) is 0 Å². The van der Waals surface area contributed by atoms with Crippen LogP contribution in [0.5, 0.6) is 0 Å². The van der Waals surface area contributed by atoms with E-state index in [1.54, 1.807) is 9.91 Å². The summed E-state index contributed by atoms with van der Waals surface area (Å²) in [4.78, 5) is 1.76. The molecule has 0 spiro atoms. The molecule has 1 aromatic carbocycles. The van der Waals surface area contributed by atoms with Crippen LogP contribution in [0.2, 0.25) is 0 Å². The van der Waals surface area contributed by atoms with Gasteiger partial charge in [0.25, 0.3) is 0 Å². The maximum atomic E-state index is 7.84. The van der Waals surface area contributed by atoms with Crippen molar-refractivity contribution >= 4 is 35.6 Å². The number of guanidine groups is 1. The fourth-order valence-corrected chi connectivity index (χ4v) is 1.67. The molecular weight excluding hydrogens is 327 g/mol. The van der Waals surface area contributed by atoms with Gasteiger partial charge in [0.1, 0.15) is 0 Å². The van der Waals surface area contributed by atoms with Crippen molar-refractivity contribution in [2.24, 2.45) is 5.10 Å². The van der Waals surface area contributed by atoms with Crippen molar-refractivity contribution in [2.75, 3.05) is 20.6 Å². The number of nitrogens with zero attached hydrogens (tertiary/aromatic N) is 3. The highest BCUT2D eigenvalue weighted by atomic mass is 127. The normalized spacial score (nSPS) is 14.0. The van der Waals surface area contributed by atoms with E-state index in [0.29, 0.717) is 5.96 Å². The second kappa shape index (κ2) is 6.00. The summed E-state index contributed by atoms with van der Waals surface area (Å²) in [5, 5.41) is 14.0. The molecule has 0 atom stereocenters. The Morgan fingerprint density at radius 3 is 2.53 bits per heavy atom. The fourth-order valence-electron chi connectivity index (χ4n) is 1.67. The molecule has 0 amide bonds. The summed E-state index contributed by atoms with van der Waals surface area (Å²) in [6.07, 6.45) is 0.903. The third kappa shape index (κ3) is 3.18. The van der Waals surface area contributed by atoms with E-state index in [0.717, 1.165) is 24.2 Å². The summed E-state index contributed by atoms with van der Waals surface area (Å²) >= 11 is 0. The molecule has 2 rings (SSSR count). The van der Waals surface area contributed by atoms with E-state index in [4.69, 9.17) is 5.41 Å². The minimum Gasteiger partial charge on any atom is -0.348 e. The molecule has 0 saturated carbocycles. The molecule has 1 heterocycles. The van der Waals surface area contributed by atoms with Gasteiger partial charge in [-0.2, -0.15) is 5.10 Å². The lowest BCUT2D eigenvalue weighted by atomic mass is 10.1. The van der Waals surface area contributed by atoms with Crippen molar-refractivity contribution in [1.29, 1.82) is 5.41 Å². The topological polar surface area (TPSA) is 42.7 Å². The number of hydrogen-bond donors (Lipinski definition) is 1. The highest BCUT2D eigenvalue weighted by Crippen LogP contribution is 2.13. The third-order valence-corrected chi connectivity index (χ3v) is 2.58. The first-order valence-corrected chi connectivity index (χ1v) is 5.35. The van der Waals surface area contributed by atoms with Gasteiger partial charge in [-0.25, -0.2) is 5.01 Å². The first kappa shape index (κ1) is 14.0. The fraction of sp³-hybridized carbons (Fsp3) is 0.333. The maximum absolute atomic E-state index is 7.84. The van der Waals surface area contributed by atoms with E-state index >= 15 is 0 Å². The van der Waals surface area contributed by atoms with E-state index in [1.807, 2.05) is 32.3 Å². The highest BCUT2D eigenvalue weighted by molar-refractivity contribution is 14.0. The Morgan fingerprint density at radius 1 is 1.29 bits per heavy atom. The van der Waals surface area contributed by atoms with Crippen molar-refractivity contribution in [2.45, 2.75) is 6.42 Å². The molecule has 92 valence electrons. The lowest BCUT2D eigenvalue weighted by Gasteiger charge is -2.20. The average Bonchev–Trinajstić information content (AvgIpc) is 2.78. The van der Waals surface area contributed by atoms with Gasteiger partial charge >= 0.3 is 0 Å². The SMILES string of the molecule is CN(C)C(=N)N1CCC(c2ccccc2)=N1.I. The van der Waals surface area contributed by atoms with Gasteiger partial charge in [0.2, 0.25) is 5.96 Å². The highest BCUT2D eigenvalue weighted by Gasteiger charge is 2.19. The summed E-state index contributed by atoms with van der Waals surface area (Å²) in [7, 11) is 3.72. The van der Waals surface area contributed by atoms with Crippen molar-refractivity contribution < 1.29 is 0 Å². The summed E-state index contributed by atoms with van der Waals surface area (Å²) in [5.74, 6) is 0.436. The van der Waals surface area contributed by atoms with E-state index in [1.165, 1.54) is 0 Å². The van der Waals surface area contributed by atoms with E-state index in [9.17, 15) is 0 Å². The van der Waals surface area contributed by atoms with Crippen LogP contribution in [0.3, 0.4) is 0 Å². The molecule has 0 saturated heterocycles. The van der Waals surface area contributed by atoms with E-state index < -0.39 is 0 Å². The van der Waals surface area contributed by atoms with Gasteiger partial charge in [0.05, 0.1) is 12.3 Å². The van der Waals surface area contributed by atoms with Crippen molar-refractivity contribution in [1.82, 2.24) is 9.91 Å². The lowest BCUT2D eigenvalue weighted by molar-refractivity contribution is 0.408. The molecule has 0 unspecified atom stereocenters. The number of benzene rings is 1. The quantitative estimate of drug-likeness (QED) is 0.482. The zero-order valence-electron chi connectivity index (χ0n) is 10.1. The number of hydrogen-bond acceptors (Lipinski definition) is 2. The number of rotatable bonds is 1. The van der Waals surface area contributed by atoms with Crippen molar-refractivity contribution in [3.8, 4) is 0 Å². The standard InChI is InChI=1S/C12H16N4.HI/c1-15(2)12(13)16-9-8-11(14-16)10-6-4-3-5-7-10;/h3-7,13H,8-9H2,1-2H3;1H. The summed E-state index contributed by atoms with van der Waals surface area (Å²) in [6.45, 7) is 0.793. The summed E-state index contributed by atoms with van der Waals surface area (Å²) in [5.41, 5.74) is 2.21. The molecule has 0 fully saturated rings. The van der Waals surface area contributed by atoms with Gasteiger partial charge in [0, 0.05) is 20.5 Å². The van der Waals surface area contributed by atoms with E-state index in [-0.39, 0.29) is 24.0 Å². The van der Waals surface area contributed by atoms with Crippen LogP contribution in [0, 0.1) is 5.41 Å². The maximum Gasteiger partial charge on any atom is 0.214 e. The summed E-state index contributed by atoms with van der Waals surface area (Å²) < 4.78 is 0. The van der Waals surface area contributed by atoms with Gasteiger partial charge in [-0.15, -0.1) is 24.0 Å². The van der Waals surface area contributed by atoms with Gasteiger partial charge in [-0.05, 0) is 5.56 Å². The van der Waals surface area contributed by atoms with Crippen LogP contribution in [-0.2, 0) is 0 Å². The number of nitrogens with one attached hydrogen (secondary N) is 1. The molecule has 1 aliphatic rings. The monoisotopic (exact) mass is 344 g/mol. The Kier molecular flexibility index (Phi) is 4.92. The molecule has 1 aliphatic heterocycles. The Balaban J connectivity index is 0.00000144. The summed E-state index contributed by atoms with van der Waals surface area (Å²) in [6, 6.07) is 10.1. The lowest BCUT2D eigenvalue weighted by Crippen LogP contribution is -2.34. The Bertz CT molecular complexity index is 414. The number of halogens is 1.